The maximum atomic E-state index is 12.0. The topological polar surface area (TPSA) is 76.1 Å². The van der Waals surface area contributed by atoms with Crippen LogP contribution in [0.15, 0.2) is 0 Å². The SMILES string of the molecule is COC(=O)C1CCCC(O)N1C(=O)OC(C)(C)C. The Morgan fingerprint density at radius 3 is 2.39 bits per heavy atom. The van der Waals surface area contributed by atoms with Gasteiger partial charge in [0.25, 0.3) is 0 Å². The van der Waals surface area contributed by atoms with E-state index in [1.165, 1.54) is 7.11 Å². The van der Waals surface area contributed by atoms with Crippen LogP contribution < -0.4 is 0 Å². The summed E-state index contributed by atoms with van der Waals surface area (Å²) in [6.07, 6.45) is -0.113. The number of ether oxygens (including phenoxy) is 2. The van der Waals surface area contributed by atoms with Crippen LogP contribution in [-0.2, 0) is 14.3 Å². The van der Waals surface area contributed by atoms with E-state index >= 15 is 0 Å². The summed E-state index contributed by atoms with van der Waals surface area (Å²) in [5.74, 6) is -0.528. The van der Waals surface area contributed by atoms with E-state index in [0.29, 0.717) is 19.3 Å². The summed E-state index contributed by atoms with van der Waals surface area (Å²) in [6.45, 7) is 5.19. The Morgan fingerprint density at radius 1 is 1.28 bits per heavy atom. The molecule has 0 bridgehead atoms. The summed E-state index contributed by atoms with van der Waals surface area (Å²) in [4.78, 5) is 24.7. The van der Waals surface area contributed by atoms with Crippen molar-refractivity contribution >= 4 is 12.1 Å². The maximum Gasteiger partial charge on any atom is 0.413 e. The third-order valence-corrected chi connectivity index (χ3v) is 2.67. The molecule has 6 nitrogen and oxygen atoms in total. The van der Waals surface area contributed by atoms with Gasteiger partial charge in [0.2, 0.25) is 0 Å². The zero-order chi connectivity index (χ0) is 13.9. The molecule has 18 heavy (non-hydrogen) atoms. The second kappa shape index (κ2) is 5.56. The highest BCUT2D eigenvalue weighted by Crippen LogP contribution is 2.24. The molecule has 1 N–H and O–H groups in total. The Labute approximate surface area is 107 Å². The van der Waals surface area contributed by atoms with Gasteiger partial charge in [-0.15, -0.1) is 0 Å². The minimum Gasteiger partial charge on any atom is -0.467 e. The van der Waals surface area contributed by atoms with Crippen molar-refractivity contribution in [2.45, 2.75) is 57.9 Å². The molecule has 0 aromatic rings. The first-order valence-corrected chi connectivity index (χ1v) is 6.03. The lowest BCUT2D eigenvalue weighted by Gasteiger charge is -2.38. The molecule has 0 radical (unpaired) electrons. The molecule has 1 saturated heterocycles. The number of methoxy groups -OCH3 is 1. The second-order valence-corrected chi connectivity index (χ2v) is 5.34. The lowest BCUT2D eigenvalue weighted by atomic mass is 10.0. The van der Waals surface area contributed by atoms with E-state index in [0.717, 1.165) is 4.90 Å². The fourth-order valence-corrected chi connectivity index (χ4v) is 1.91. The Hall–Kier alpha value is -1.30. The fourth-order valence-electron chi connectivity index (χ4n) is 1.91. The summed E-state index contributed by atoms with van der Waals surface area (Å²) >= 11 is 0. The molecule has 1 amide bonds. The molecule has 104 valence electrons. The number of amides is 1. The Balaban J connectivity index is 2.84. The van der Waals surface area contributed by atoms with E-state index in [4.69, 9.17) is 4.74 Å². The first-order valence-electron chi connectivity index (χ1n) is 6.03. The van der Waals surface area contributed by atoms with Crippen LogP contribution in [0.2, 0.25) is 0 Å². The van der Waals surface area contributed by atoms with Crippen molar-refractivity contribution in [1.82, 2.24) is 4.90 Å². The van der Waals surface area contributed by atoms with Crippen LogP contribution in [0.25, 0.3) is 0 Å². The largest absolute Gasteiger partial charge is 0.467 e. The van der Waals surface area contributed by atoms with Crippen LogP contribution in [0, 0.1) is 0 Å². The van der Waals surface area contributed by atoms with Crippen LogP contribution in [0.5, 0.6) is 0 Å². The fraction of sp³-hybridized carbons (Fsp3) is 0.833. The van der Waals surface area contributed by atoms with Gasteiger partial charge >= 0.3 is 12.1 Å². The molecule has 1 aliphatic rings. The second-order valence-electron chi connectivity index (χ2n) is 5.34. The molecule has 1 fully saturated rings. The summed E-state index contributed by atoms with van der Waals surface area (Å²) in [7, 11) is 1.26. The third-order valence-electron chi connectivity index (χ3n) is 2.67. The standard InChI is InChI=1S/C12H21NO5/c1-12(2,3)18-11(16)13-8(10(15)17-4)6-5-7-9(13)14/h8-9,14H,5-7H2,1-4H3. The van der Waals surface area contributed by atoms with Crippen LogP contribution in [0.1, 0.15) is 40.0 Å². The molecule has 0 saturated carbocycles. The van der Waals surface area contributed by atoms with Crippen molar-refractivity contribution in [3.05, 3.63) is 0 Å². The van der Waals surface area contributed by atoms with Gasteiger partial charge in [0.05, 0.1) is 7.11 Å². The first kappa shape index (κ1) is 14.8. The monoisotopic (exact) mass is 259 g/mol. The van der Waals surface area contributed by atoms with Gasteiger partial charge < -0.3 is 14.6 Å². The van der Waals surface area contributed by atoms with Crippen LogP contribution >= 0.6 is 0 Å². The molecule has 0 aliphatic carbocycles. The lowest BCUT2D eigenvalue weighted by Crippen LogP contribution is -2.54. The van der Waals surface area contributed by atoms with Gasteiger partial charge in [0.1, 0.15) is 17.9 Å². The van der Waals surface area contributed by atoms with E-state index < -0.39 is 29.9 Å². The van der Waals surface area contributed by atoms with Gasteiger partial charge in [-0.25, -0.2) is 9.59 Å². The highest BCUT2D eigenvalue weighted by molar-refractivity contribution is 5.81. The Kier molecular flexibility index (Phi) is 4.56. The summed E-state index contributed by atoms with van der Waals surface area (Å²) in [5, 5.41) is 9.87. The highest BCUT2D eigenvalue weighted by Gasteiger charge is 2.40. The Bertz CT molecular complexity index is 323. The van der Waals surface area contributed by atoms with Crippen molar-refractivity contribution in [3.8, 4) is 0 Å². The zero-order valence-electron chi connectivity index (χ0n) is 11.3. The molecule has 2 unspecified atom stereocenters. The molecular formula is C12H21NO5. The number of hydrogen-bond donors (Lipinski definition) is 1. The zero-order valence-corrected chi connectivity index (χ0v) is 11.3. The summed E-state index contributed by atoms with van der Waals surface area (Å²) in [5.41, 5.74) is -0.672. The van der Waals surface area contributed by atoms with Gasteiger partial charge in [-0.2, -0.15) is 0 Å². The first-order chi connectivity index (χ1) is 8.26. The molecule has 1 rings (SSSR count). The van der Waals surface area contributed by atoms with Crippen molar-refractivity contribution in [3.63, 3.8) is 0 Å². The number of piperidine rings is 1. The number of carbonyl (C=O) groups is 2. The molecule has 0 aromatic heterocycles. The minimum atomic E-state index is -1.00. The number of rotatable bonds is 1. The normalized spacial score (nSPS) is 24.6. The van der Waals surface area contributed by atoms with E-state index in [9.17, 15) is 14.7 Å². The van der Waals surface area contributed by atoms with E-state index in [1.54, 1.807) is 20.8 Å². The predicted molar refractivity (Wildman–Crippen MR) is 63.7 cm³/mol. The summed E-state index contributed by atoms with van der Waals surface area (Å²) in [6, 6.07) is -0.770. The quantitative estimate of drug-likeness (QED) is 0.718. The number of nitrogens with zero attached hydrogens (tertiary/aromatic N) is 1. The van der Waals surface area contributed by atoms with Crippen LogP contribution in [-0.4, -0.2) is 47.0 Å². The predicted octanol–water partition coefficient (Wildman–Crippen LogP) is 1.27. The van der Waals surface area contributed by atoms with Crippen molar-refractivity contribution < 1.29 is 24.2 Å². The van der Waals surface area contributed by atoms with E-state index in [1.807, 2.05) is 0 Å². The molecule has 1 aliphatic heterocycles. The highest BCUT2D eigenvalue weighted by atomic mass is 16.6. The smallest absolute Gasteiger partial charge is 0.413 e. The van der Waals surface area contributed by atoms with Crippen LogP contribution in [0.4, 0.5) is 4.79 Å². The van der Waals surface area contributed by atoms with Gasteiger partial charge in [-0.1, -0.05) is 0 Å². The number of aliphatic hydroxyl groups is 1. The molecule has 2 atom stereocenters. The van der Waals surface area contributed by atoms with Crippen LogP contribution in [0.3, 0.4) is 0 Å². The number of hydrogen-bond acceptors (Lipinski definition) is 5. The molecule has 6 heteroatoms. The third kappa shape index (κ3) is 3.60. The average molecular weight is 259 g/mol. The van der Waals surface area contributed by atoms with Gasteiger partial charge in [-0.3, -0.25) is 4.90 Å². The van der Waals surface area contributed by atoms with Crippen molar-refractivity contribution in [2.24, 2.45) is 0 Å². The molecule has 0 spiro atoms. The van der Waals surface area contributed by atoms with Crippen molar-refractivity contribution in [2.75, 3.05) is 7.11 Å². The summed E-state index contributed by atoms with van der Waals surface area (Å²) < 4.78 is 9.84. The number of likely N-dealkylation sites (tertiary alicyclic amines) is 1. The lowest BCUT2D eigenvalue weighted by molar-refractivity contribution is -0.155. The Morgan fingerprint density at radius 2 is 1.89 bits per heavy atom. The van der Waals surface area contributed by atoms with Gasteiger partial charge in [0.15, 0.2) is 0 Å². The molecule has 0 aromatic carbocycles. The molecule has 1 heterocycles. The molecular weight excluding hydrogens is 238 g/mol. The number of carbonyl (C=O) groups excluding carboxylic acids is 2. The van der Waals surface area contributed by atoms with Gasteiger partial charge in [-0.05, 0) is 40.0 Å². The average Bonchev–Trinajstić information content (AvgIpc) is 2.25. The number of aliphatic hydroxyl groups excluding tert-OH is 1. The minimum absolute atomic E-state index is 0.437. The maximum absolute atomic E-state index is 12.0. The van der Waals surface area contributed by atoms with Crippen molar-refractivity contribution in [1.29, 1.82) is 0 Å². The van der Waals surface area contributed by atoms with E-state index in [-0.39, 0.29) is 0 Å². The van der Waals surface area contributed by atoms with Gasteiger partial charge in [0, 0.05) is 0 Å². The van der Waals surface area contributed by atoms with E-state index in [2.05, 4.69) is 4.74 Å². The number of esters is 1.